The van der Waals surface area contributed by atoms with Crippen LogP contribution in [0.2, 0.25) is 0 Å². The van der Waals surface area contributed by atoms with Crippen LogP contribution in [0.15, 0.2) is 0 Å². The molecule has 0 N–H and O–H groups in total. The summed E-state index contributed by atoms with van der Waals surface area (Å²) in [6.45, 7) is 7.45. The van der Waals surface area contributed by atoms with E-state index in [9.17, 15) is 4.79 Å². The molecule has 2 unspecified atom stereocenters. The molecule has 1 fully saturated rings. The molecule has 5 heteroatoms. The van der Waals surface area contributed by atoms with Crippen molar-refractivity contribution in [1.29, 1.82) is 0 Å². The van der Waals surface area contributed by atoms with E-state index in [4.69, 9.17) is 14.2 Å². The first-order valence-corrected chi connectivity index (χ1v) is 7.16. The molecule has 1 heterocycles. The summed E-state index contributed by atoms with van der Waals surface area (Å²) in [6, 6.07) is 0. The SMILES string of the molecule is CCOC1(C=O)CCC(OCC)(SCC)CO1. The first-order chi connectivity index (χ1) is 8.16. The Bertz CT molecular complexity index is 229. The number of hydrogen-bond acceptors (Lipinski definition) is 5. The summed E-state index contributed by atoms with van der Waals surface area (Å²) in [7, 11) is 0. The molecule has 0 spiro atoms. The highest BCUT2D eigenvalue weighted by Gasteiger charge is 2.45. The molecule has 0 aliphatic carbocycles. The molecule has 4 nitrogen and oxygen atoms in total. The van der Waals surface area contributed by atoms with E-state index in [-0.39, 0.29) is 4.93 Å². The molecule has 17 heavy (non-hydrogen) atoms. The molecule has 0 aromatic rings. The Morgan fingerprint density at radius 3 is 2.35 bits per heavy atom. The van der Waals surface area contributed by atoms with E-state index >= 15 is 0 Å². The van der Waals surface area contributed by atoms with Crippen LogP contribution in [0, 0.1) is 0 Å². The smallest absolute Gasteiger partial charge is 0.226 e. The van der Waals surface area contributed by atoms with Crippen molar-refractivity contribution in [2.24, 2.45) is 0 Å². The van der Waals surface area contributed by atoms with Gasteiger partial charge in [-0.25, -0.2) is 0 Å². The second-order valence-corrected chi connectivity index (χ2v) is 5.54. The normalized spacial score (nSPS) is 33.6. The molecule has 2 atom stereocenters. The monoisotopic (exact) mass is 262 g/mol. The summed E-state index contributed by atoms with van der Waals surface area (Å²) in [4.78, 5) is 10.8. The quantitative estimate of drug-likeness (QED) is 0.520. The Kier molecular flexibility index (Phi) is 5.92. The van der Waals surface area contributed by atoms with Crippen LogP contribution < -0.4 is 0 Å². The maximum Gasteiger partial charge on any atom is 0.226 e. The molecular weight excluding hydrogens is 240 g/mol. The van der Waals surface area contributed by atoms with Crippen molar-refractivity contribution in [1.82, 2.24) is 0 Å². The highest BCUT2D eigenvalue weighted by Crippen LogP contribution is 2.40. The molecule has 0 radical (unpaired) electrons. The molecule has 0 amide bonds. The average molecular weight is 262 g/mol. The van der Waals surface area contributed by atoms with Crippen LogP contribution >= 0.6 is 11.8 Å². The molecule has 100 valence electrons. The number of rotatable bonds is 7. The van der Waals surface area contributed by atoms with Crippen molar-refractivity contribution in [3.8, 4) is 0 Å². The first-order valence-electron chi connectivity index (χ1n) is 6.18. The maximum atomic E-state index is 11.1. The zero-order chi connectivity index (χ0) is 12.8. The fraction of sp³-hybridized carbons (Fsp3) is 0.917. The van der Waals surface area contributed by atoms with Gasteiger partial charge in [-0.2, -0.15) is 0 Å². The summed E-state index contributed by atoms with van der Waals surface area (Å²) in [5.41, 5.74) is 0. The van der Waals surface area contributed by atoms with Crippen molar-refractivity contribution in [2.45, 2.75) is 44.3 Å². The Morgan fingerprint density at radius 2 is 1.94 bits per heavy atom. The van der Waals surface area contributed by atoms with Gasteiger partial charge in [0.2, 0.25) is 5.79 Å². The van der Waals surface area contributed by atoms with Crippen molar-refractivity contribution >= 4 is 18.0 Å². The minimum Gasteiger partial charge on any atom is -0.362 e. The van der Waals surface area contributed by atoms with Crippen LogP contribution in [0.3, 0.4) is 0 Å². The highest BCUT2D eigenvalue weighted by molar-refractivity contribution is 8.00. The lowest BCUT2D eigenvalue weighted by atomic mass is 10.0. The van der Waals surface area contributed by atoms with Crippen molar-refractivity contribution < 1.29 is 19.0 Å². The molecule has 1 aliphatic rings. The van der Waals surface area contributed by atoms with Gasteiger partial charge in [0.1, 0.15) is 4.93 Å². The lowest BCUT2D eigenvalue weighted by Crippen LogP contribution is -2.50. The van der Waals surface area contributed by atoms with Gasteiger partial charge < -0.3 is 14.2 Å². The average Bonchev–Trinajstić information content (AvgIpc) is 2.34. The van der Waals surface area contributed by atoms with Crippen LogP contribution in [-0.2, 0) is 19.0 Å². The summed E-state index contributed by atoms with van der Waals surface area (Å²) in [6.07, 6.45) is 2.10. The summed E-state index contributed by atoms with van der Waals surface area (Å²) < 4.78 is 16.8. The van der Waals surface area contributed by atoms with E-state index in [0.717, 1.165) is 18.5 Å². The Hall–Kier alpha value is -0.100. The van der Waals surface area contributed by atoms with Gasteiger partial charge in [-0.15, -0.1) is 11.8 Å². The second-order valence-electron chi connectivity index (χ2n) is 3.93. The van der Waals surface area contributed by atoms with Gasteiger partial charge in [-0.05, 0) is 26.0 Å². The van der Waals surface area contributed by atoms with Gasteiger partial charge in [-0.3, -0.25) is 4.79 Å². The zero-order valence-electron chi connectivity index (χ0n) is 10.9. The second kappa shape index (κ2) is 6.73. The third kappa shape index (κ3) is 3.68. The highest BCUT2D eigenvalue weighted by atomic mass is 32.2. The van der Waals surface area contributed by atoms with Crippen molar-refractivity contribution in [2.75, 3.05) is 25.6 Å². The molecular formula is C12H22O4S. The largest absolute Gasteiger partial charge is 0.362 e. The number of aldehydes is 1. The minimum absolute atomic E-state index is 0.312. The van der Waals surface area contributed by atoms with Crippen LogP contribution in [0.4, 0.5) is 0 Å². The van der Waals surface area contributed by atoms with E-state index < -0.39 is 5.79 Å². The summed E-state index contributed by atoms with van der Waals surface area (Å²) in [5.74, 6) is -0.0876. The molecule has 0 saturated carbocycles. The Balaban J connectivity index is 2.64. The van der Waals surface area contributed by atoms with Gasteiger partial charge in [0, 0.05) is 19.6 Å². The summed E-state index contributed by atoms with van der Waals surface area (Å²) in [5, 5.41) is 0. The third-order valence-corrected chi connectivity index (χ3v) is 4.03. The van der Waals surface area contributed by atoms with E-state index in [1.165, 1.54) is 0 Å². The van der Waals surface area contributed by atoms with E-state index in [2.05, 4.69) is 6.92 Å². The standard InChI is InChI=1S/C12H22O4S/c1-4-14-11(9-13)7-8-12(10-16-11,15-5-2)17-6-3/h9H,4-8,10H2,1-3H3. The molecule has 0 bridgehead atoms. The van der Waals surface area contributed by atoms with E-state index in [0.29, 0.717) is 26.2 Å². The molecule has 1 aliphatic heterocycles. The van der Waals surface area contributed by atoms with Gasteiger partial charge >= 0.3 is 0 Å². The third-order valence-electron chi connectivity index (χ3n) is 2.77. The van der Waals surface area contributed by atoms with E-state index in [1.807, 2.05) is 13.8 Å². The first kappa shape index (κ1) is 15.0. The fourth-order valence-electron chi connectivity index (χ4n) is 2.02. The number of carbonyl (C=O) groups excluding carboxylic acids is 1. The van der Waals surface area contributed by atoms with Crippen LogP contribution in [0.25, 0.3) is 0 Å². The van der Waals surface area contributed by atoms with Gasteiger partial charge in [0.05, 0.1) is 6.61 Å². The molecule has 1 saturated heterocycles. The molecule has 0 aromatic heterocycles. The lowest BCUT2D eigenvalue weighted by Gasteiger charge is -2.42. The Morgan fingerprint density at radius 1 is 1.24 bits per heavy atom. The predicted molar refractivity (Wildman–Crippen MR) is 68.1 cm³/mol. The minimum atomic E-state index is -1.05. The van der Waals surface area contributed by atoms with Crippen molar-refractivity contribution in [3.05, 3.63) is 0 Å². The topological polar surface area (TPSA) is 44.8 Å². The number of thioether (sulfide) groups is 1. The zero-order valence-corrected chi connectivity index (χ0v) is 11.7. The predicted octanol–water partition coefficient (Wildman–Crippen LogP) is 2.21. The van der Waals surface area contributed by atoms with Gasteiger partial charge in [-0.1, -0.05) is 6.92 Å². The molecule has 0 aromatic carbocycles. The summed E-state index contributed by atoms with van der Waals surface area (Å²) >= 11 is 1.73. The van der Waals surface area contributed by atoms with Gasteiger partial charge in [0.25, 0.3) is 0 Å². The maximum absolute atomic E-state index is 11.1. The van der Waals surface area contributed by atoms with E-state index in [1.54, 1.807) is 11.8 Å². The number of carbonyl (C=O) groups is 1. The Labute approximate surface area is 107 Å². The van der Waals surface area contributed by atoms with Crippen LogP contribution in [0.1, 0.15) is 33.6 Å². The number of ether oxygens (including phenoxy) is 3. The molecule has 1 rings (SSSR count). The van der Waals surface area contributed by atoms with Crippen molar-refractivity contribution in [3.63, 3.8) is 0 Å². The fourth-order valence-corrected chi connectivity index (χ4v) is 3.14. The van der Waals surface area contributed by atoms with Gasteiger partial charge in [0.15, 0.2) is 6.29 Å². The number of hydrogen-bond donors (Lipinski definition) is 0. The van der Waals surface area contributed by atoms with Crippen LogP contribution in [-0.4, -0.2) is 42.6 Å². The van der Waals surface area contributed by atoms with Crippen LogP contribution in [0.5, 0.6) is 0 Å². The lowest BCUT2D eigenvalue weighted by molar-refractivity contribution is -0.256.